The van der Waals surface area contributed by atoms with Gasteiger partial charge in [-0.25, -0.2) is 9.97 Å². The van der Waals surface area contributed by atoms with E-state index in [0.717, 1.165) is 28.1 Å². The van der Waals surface area contributed by atoms with Gasteiger partial charge in [-0.05, 0) is 56.0 Å². The Bertz CT molecular complexity index is 1100. The molecular formula is C23H26N4O2S2. The second kappa shape index (κ2) is 10.6. The lowest BCUT2D eigenvalue weighted by Crippen LogP contribution is -2.24. The summed E-state index contributed by atoms with van der Waals surface area (Å²) < 4.78 is 6.49. The summed E-state index contributed by atoms with van der Waals surface area (Å²) in [6, 6.07) is 11.6. The van der Waals surface area contributed by atoms with Gasteiger partial charge in [-0.15, -0.1) is 0 Å². The van der Waals surface area contributed by atoms with Crippen molar-refractivity contribution in [2.45, 2.75) is 50.8 Å². The summed E-state index contributed by atoms with van der Waals surface area (Å²) in [6.45, 7) is 8.75. The second-order valence-electron chi connectivity index (χ2n) is 7.45. The normalized spacial score (nSPS) is 12.0. The molecule has 162 valence electrons. The number of hydrogen-bond donors (Lipinski definition) is 1. The van der Waals surface area contributed by atoms with Crippen molar-refractivity contribution >= 4 is 44.4 Å². The molecular weight excluding hydrogens is 428 g/mol. The molecule has 2 heterocycles. The molecule has 31 heavy (non-hydrogen) atoms. The lowest BCUT2D eigenvalue weighted by molar-refractivity contribution is -0.115. The monoisotopic (exact) mass is 454 g/mol. The fourth-order valence-corrected chi connectivity index (χ4v) is 4.95. The summed E-state index contributed by atoms with van der Waals surface area (Å²) in [7, 11) is 0. The number of thioether (sulfide) groups is 1. The predicted octanol–water partition coefficient (Wildman–Crippen LogP) is 5.67. The summed E-state index contributed by atoms with van der Waals surface area (Å²) >= 11 is 2.75. The minimum Gasteiger partial charge on any atom is -0.494 e. The van der Waals surface area contributed by atoms with Gasteiger partial charge in [0.2, 0.25) is 5.91 Å². The number of carbonyl (C=O) groups is 1. The molecule has 0 aliphatic rings. The van der Waals surface area contributed by atoms with Crippen molar-refractivity contribution in [3.8, 4) is 11.8 Å². The first kappa shape index (κ1) is 23.0. The Balaban J connectivity index is 1.76. The first-order valence-corrected chi connectivity index (χ1v) is 12.0. The first-order chi connectivity index (χ1) is 14.9. The fraction of sp³-hybridized carbons (Fsp3) is 0.391. The standard InChI is InChI=1S/C23H26N4O2S2/c1-5-19(30-22-15(13-24)7-8-16(25-22)11-14(3)4)21(28)27-23-26-18-10-9-17(29-6-2)12-20(18)31-23/h7-10,12,14,19H,5-6,11H2,1-4H3,(H,26,27,28). The van der Waals surface area contributed by atoms with Crippen LogP contribution in [0.25, 0.3) is 10.2 Å². The molecule has 0 fully saturated rings. The van der Waals surface area contributed by atoms with Crippen molar-refractivity contribution in [1.29, 1.82) is 5.26 Å². The maximum Gasteiger partial charge on any atom is 0.239 e. The molecule has 3 rings (SSSR count). The third-order valence-corrected chi connectivity index (χ3v) is 6.77. The van der Waals surface area contributed by atoms with Crippen LogP contribution < -0.4 is 10.1 Å². The van der Waals surface area contributed by atoms with E-state index in [2.05, 4.69) is 35.2 Å². The van der Waals surface area contributed by atoms with Crippen molar-refractivity contribution in [1.82, 2.24) is 9.97 Å². The van der Waals surface area contributed by atoms with Crippen LogP contribution in [0.2, 0.25) is 0 Å². The van der Waals surface area contributed by atoms with Crippen LogP contribution >= 0.6 is 23.1 Å². The minimum atomic E-state index is -0.375. The number of nitriles is 1. The van der Waals surface area contributed by atoms with Gasteiger partial charge in [-0.1, -0.05) is 43.9 Å². The molecule has 0 bridgehead atoms. The summed E-state index contributed by atoms with van der Waals surface area (Å²) in [5.41, 5.74) is 2.24. The molecule has 1 amide bonds. The maximum absolute atomic E-state index is 13.0. The van der Waals surface area contributed by atoms with Gasteiger partial charge in [0.05, 0.1) is 27.6 Å². The van der Waals surface area contributed by atoms with Gasteiger partial charge >= 0.3 is 0 Å². The smallest absolute Gasteiger partial charge is 0.239 e. The van der Waals surface area contributed by atoms with Crippen LogP contribution in [0, 0.1) is 17.2 Å². The minimum absolute atomic E-state index is 0.142. The number of pyridine rings is 1. The lowest BCUT2D eigenvalue weighted by Gasteiger charge is -2.15. The van der Waals surface area contributed by atoms with Gasteiger partial charge < -0.3 is 10.1 Å². The Kier molecular flexibility index (Phi) is 7.88. The molecule has 0 saturated heterocycles. The number of amides is 1. The lowest BCUT2D eigenvalue weighted by atomic mass is 10.1. The Hall–Kier alpha value is -2.63. The Morgan fingerprint density at radius 2 is 2.06 bits per heavy atom. The SMILES string of the molecule is CCOc1ccc2nc(NC(=O)C(CC)Sc3nc(CC(C)C)ccc3C#N)sc2c1. The largest absolute Gasteiger partial charge is 0.494 e. The summed E-state index contributed by atoms with van der Waals surface area (Å²) in [4.78, 5) is 22.1. The van der Waals surface area contributed by atoms with E-state index in [9.17, 15) is 10.1 Å². The third-order valence-electron chi connectivity index (χ3n) is 4.47. The number of aromatic nitrogens is 2. The molecule has 0 aliphatic heterocycles. The molecule has 0 aliphatic carbocycles. The van der Waals surface area contributed by atoms with Crippen molar-refractivity contribution in [3.05, 3.63) is 41.6 Å². The summed E-state index contributed by atoms with van der Waals surface area (Å²) in [5, 5.41) is 13.2. The quantitative estimate of drug-likeness (QED) is 0.419. The van der Waals surface area contributed by atoms with Crippen molar-refractivity contribution in [3.63, 3.8) is 0 Å². The average molecular weight is 455 g/mol. The van der Waals surface area contributed by atoms with E-state index >= 15 is 0 Å². The van der Waals surface area contributed by atoms with Crippen molar-refractivity contribution in [2.75, 3.05) is 11.9 Å². The summed E-state index contributed by atoms with van der Waals surface area (Å²) in [5.74, 6) is 1.11. The predicted molar refractivity (Wildman–Crippen MR) is 127 cm³/mol. The number of fused-ring (bicyclic) bond motifs is 1. The van der Waals surface area contributed by atoms with Crippen LogP contribution in [0.4, 0.5) is 5.13 Å². The second-order valence-corrected chi connectivity index (χ2v) is 9.67. The fourth-order valence-electron chi connectivity index (χ4n) is 3.04. The van der Waals surface area contributed by atoms with Crippen molar-refractivity contribution < 1.29 is 9.53 Å². The highest BCUT2D eigenvalue weighted by Crippen LogP contribution is 2.32. The molecule has 1 N–H and O–H groups in total. The number of nitrogens with zero attached hydrogens (tertiary/aromatic N) is 3. The zero-order valence-corrected chi connectivity index (χ0v) is 19.8. The Labute approximate surface area is 191 Å². The highest BCUT2D eigenvalue weighted by Gasteiger charge is 2.22. The number of nitrogens with one attached hydrogen (secondary N) is 1. The van der Waals surface area contributed by atoms with E-state index in [1.54, 1.807) is 6.07 Å². The van der Waals surface area contributed by atoms with E-state index in [-0.39, 0.29) is 11.2 Å². The highest BCUT2D eigenvalue weighted by molar-refractivity contribution is 8.00. The van der Waals surface area contributed by atoms with E-state index in [1.165, 1.54) is 23.1 Å². The number of anilines is 1. The molecule has 6 nitrogen and oxygen atoms in total. The van der Waals surface area contributed by atoms with Crippen molar-refractivity contribution in [2.24, 2.45) is 5.92 Å². The topological polar surface area (TPSA) is 87.9 Å². The number of thiazole rings is 1. The zero-order valence-electron chi connectivity index (χ0n) is 18.1. The average Bonchev–Trinajstić information content (AvgIpc) is 3.13. The Morgan fingerprint density at radius 3 is 2.74 bits per heavy atom. The molecule has 1 aromatic carbocycles. The number of ether oxygens (including phenoxy) is 1. The van der Waals surface area contributed by atoms with Crippen LogP contribution in [0.15, 0.2) is 35.4 Å². The first-order valence-electron chi connectivity index (χ1n) is 10.3. The molecule has 2 aromatic heterocycles. The van der Waals surface area contributed by atoms with Crippen LogP contribution in [0.1, 0.15) is 45.4 Å². The summed E-state index contributed by atoms with van der Waals surface area (Å²) in [6.07, 6.45) is 1.44. The molecule has 0 saturated carbocycles. The van der Waals surface area contributed by atoms with E-state index < -0.39 is 0 Å². The van der Waals surface area contributed by atoms with Crippen LogP contribution in [0.5, 0.6) is 5.75 Å². The third kappa shape index (κ3) is 5.96. The number of hydrogen-bond acceptors (Lipinski definition) is 7. The highest BCUT2D eigenvalue weighted by atomic mass is 32.2. The number of carbonyl (C=O) groups excluding carboxylic acids is 1. The van der Waals surface area contributed by atoms with E-state index in [0.29, 0.717) is 34.7 Å². The number of benzene rings is 1. The molecule has 3 aromatic rings. The maximum atomic E-state index is 13.0. The van der Waals surface area contributed by atoms with Gasteiger partial charge in [0.25, 0.3) is 0 Å². The molecule has 8 heteroatoms. The van der Waals surface area contributed by atoms with Gasteiger partial charge in [0, 0.05) is 5.69 Å². The van der Waals surface area contributed by atoms with Gasteiger partial charge in [0.15, 0.2) is 5.13 Å². The van der Waals surface area contributed by atoms with E-state index in [4.69, 9.17) is 4.74 Å². The number of rotatable bonds is 9. The van der Waals surface area contributed by atoms with Gasteiger partial charge in [0.1, 0.15) is 16.8 Å². The molecule has 0 radical (unpaired) electrons. The molecule has 0 spiro atoms. The molecule has 1 unspecified atom stereocenters. The van der Waals surface area contributed by atoms with Gasteiger partial charge in [-0.3, -0.25) is 4.79 Å². The zero-order chi connectivity index (χ0) is 22.4. The van der Waals surface area contributed by atoms with E-state index in [1.807, 2.05) is 38.1 Å². The van der Waals surface area contributed by atoms with Gasteiger partial charge in [-0.2, -0.15) is 5.26 Å². The van der Waals surface area contributed by atoms with Crippen LogP contribution in [-0.2, 0) is 11.2 Å². The van der Waals surface area contributed by atoms with Crippen LogP contribution in [-0.4, -0.2) is 27.7 Å². The Morgan fingerprint density at radius 1 is 1.26 bits per heavy atom. The van der Waals surface area contributed by atoms with Crippen LogP contribution in [0.3, 0.4) is 0 Å². The molecule has 1 atom stereocenters.